The fourth-order valence-corrected chi connectivity index (χ4v) is 2.22. The van der Waals surface area contributed by atoms with Crippen LogP contribution in [0.2, 0.25) is 0 Å². The summed E-state index contributed by atoms with van der Waals surface area (Å²) in [6.07, 6.45) is -0.360. The number of carboxylic acids is 1. The second-order valence-electron chi connectivity index (χ2n) is 7.29. The van der Waals surface area contributed by atoms with Crippen LogP contribution in [0.5, 0.6) is 0 Å². The van der Waals surface area contributed by atoms with E-state index in [1.165, 1.54) is 0 Å². The third-order valence-electron chi connectivity index (χ3n) is 3.61. The van der Waals surface area contributed by atoms with E-state index in [0.717, 1.165) is 0 Å². The Hall–Kier alpha value is -1.46. The minimum absolute atomic E-state index is 0.0597. The fourth-order valence-electron chi connectivity index (χ4n) is 2.22. The maximum atomic E-state index is 12.0. The fraction of sp³-hybridized carbons (Fsp3) is 0.895. The molecule has 0 aromatic carbocycles. The average molecular weight is 423 g/mol. The summed E-state index contributed by atoms with van der Waals surface area (Å²) < 4.78 is 21.4. The second kappa shape index (κ2) is 16.3. The molecule has 0 saturated heterocycles. The molecule has 0 aliphatic carbocycles. The molecule has 10 nitrogen and oxygen atoms in total. The predicted octanol–water partition coefficient (Wildman–Crippen LogP) is 0.672. The first-order chi connectivity index (χ1) is 13.7. The van der Waals surface area contributed by atoms with Gasteiger partial charge >= 0.3 is 12.1 Å². The van der Waals surface area contributed by atoms with E-state index in [1.54, 1.807) is 9.80 Å². The first-order valence-electron chi connectivity index (χ1n) is 9.95. The van der Waals surface area contributed by atoms with E-state index >= 15 is 0 Å². The summed E-state index contributed by atoms with van der Waals surface area (Å²) in [5.74, 6) is -0.916. The van der Waals surface area contributed by atoms with Gasteiger partial charge in [-0.1, -0.05) is 0 Å². The number of carbonyl (C=O) groups is 2. The largest absolute Gasteiger partial charge is 0.480 e. The van der Waals surface area contributed by atoms with Gasteiger partial charge in [-0.2, -0.15) is 0 Å². The van der Waals surface area contributed by atoms with Gasteiger partial charge in [-0.05, 0) is 27.7 Å². The molecule has 0 saturated carbocycles. The molecule has 0 bridgehead atoms. The van der Waals surface area contributed by atoms with Crippen LogP contribution in [0.15, 0.2) is 0 Å². The maximum absolute atomic E-state index is 12.0. The molecule has 29 heavy (non-hydrogen) atoms. The maximum Gasteiger partial charge on any atom is 0.410 e. The molecule has 0 aromatic heterocycles. The predicted molar refractivity (Wildman–Crippen MR) is 107 cm³/mol. The molecule has 0 fully saturated rings. The summed E-state index contributed by atoms with van der Waals surface area (Å²) in [7, 11) is 0. The first-order valence-corrected chi connectivity index (χ1v) is 9.95. The van der Waals surface area contributed by atoms with Crippen LogP contribution in [0.4, 0.5) is 4.79 Å². The number of amides is 1. The average Bonchev–Trinajstić information content (AvgIpc) is 2.61. The third kappa shape index (κ3) is 17.1. The van der Waals surface area contributed by atoms with Gasteiger partial charge in [-0.25, -0.2) is 4.79 Å². The van der Waals surface area contributed by atoms with Gasteiger partial charge < -0.3 is 34.1 Å². The van der Waals surface area contributed by atoms with Crippen molar-refractivity contribution in [3.63, 3.8) is 0 Å². The van der Waals surface area contributed by atoms with Gasteiger partial charge in [0.1, 0.15) is 5.60 Å². The van der Waals surface area contributed by atoms with Crippen molar-refractivity contribution >= 4 is 12.1 Å². The van der Waals surface area contributed by atoms with Crippen molar-refractivity contribution in [2.45, 2.75) is 33.3 Å². The highest BCUT2D eigenvalue weighted by Gasteiger charge is 2.20. The van der Waals surface area contributed by atoms with E-state index < -0.39 is 11.6 Å². The van der Waals surface area contributed by atoms with Crippen LogP contribution >= 0.6 is 0 Å². The minimum atomic E-state index is -0.916. The second-order valence-corrected chi connectivity index (χ2v) is 7.29. The van der Waals surface area contributed by atoms with Crippen LogP contribution in [0.1, 0.15) is 27.7 Å². The van der Waals surface area contributed by atoms with Gasteiger partial charge in [0.15, 0.2) is 0 Å². The minimum Gasteiger partial charge on any atom is -0.480 e. The molecule has 0 spiro atoms. The highest BCUT2D eigenvalue weighted by Crippen LogP contribution is 2.09. The van der Waals surface area contributed by atoms with Crippen molar-refractivity contribution in [1.29, 1.82) is 0 Å². The SMILES string of the molecule is CCN(CCOCCOCCN(CCOCCO)CC(=O)O)C(=O)OC(C)(C)C. The lowest BCUT2D eigenvalue weighted by Gasteiger charge is -2.26. The Morgan fingerprint density at radius 2 is 1.38 bits per heavy atom. The molecule has 0 aromatic rings. The number of hydrogen-bond acceptors (Lipinski definition) is 8. The van der Waals surface area contributed by atoms with E-state index in [2.05, 4.69) is 0 Å². The molecule has 0 radical (unpaired) electrons. The van der Waals surface area contributed by atoms with Crippen molar-refractivity contribution in [3.05, 3.63) is 0 Å². The molecule has 2 N–H and O–H groups in total. The number of rotatable bonds is 17. The quantitative estimate of drug-likeness (QED) is 0.326. The Kier molecular flexibility index (Phi) is 15.5. The zero-order valence-corrected chi connectivity index (χ0v) is 18.2. The number of ether oxygens (including phenoxy) is 4. The van der Waals surface area contributed by atoms with Crippen LogP contribution in [0.25, 0.3) is 0 Å². The van der Waals surface area contributed by atoms with Crippen LogP contribution in [0, 0.1) is 0 Å². The number of nitrogens with zero attached hydrogens (tertiary/aromatic N) is 2. The first kappa shape index (κ1) is 27.5. The molecule has 0 rings (SSSR count). The van der Waals surface area contributed by atoms with Gasteiger partial charge in [0.2, 0.25) is 0 Å². The zero-order valence-electron chi connectivity index (χ0n) is 18.2. The smallest absolute Gasteiger partial charge is 0.410 e. The summed E-state index contributed by atoms with van der Waals surface area (Å²) in [5, 5.41) is 17.6. The van der Waals surface area contributed by atoms with Crippen LogP contribution in [0.3, 0.4) is 0 Å². The number of likely N-dealkylation sites (N-methyl/N-ethyl adjacent to an activating group) is 1. The Morgan fingerprint density at radius 1 is 0.862 bits per heavy atom. The van der Waals surface area contributed by atoms with Crippen LogP contribution < -0.4 is 0 Å². The Labute approximate surface area is 173 Å². The van der Waals surface area contributed by atoms with Crippen molar-refractivity contribution < 1.29 is 38.7 Å². The monoisotopic (exact) mass is 422 g/mol. The molecule has 0 unspecified atom stereocenters. The van der Waals surface area contributed by atoms with Crippen molar-refractivity contribution in [3.8, 4) is 0 Å². The lowest BCUT2D eigenvalue weighted by molar-refractivity contribution is -0.138. The highest BCUT2D eigenvalue weighted by molar-refractivity contribution is 5.69. The molecular weight excluding hydrogens is 384 g/mol. The summed E-state index contributed by atoms with van der Waals surface area (Å²) in [4.78, 5) is 26.2. The molecule has 172 valence electrons. The number of hydrogen-bond donors (Lipinski definition) is 2. The van der Waals surface area contributed by atoms with E-state index in [1.807, 2.05) is 27.7 Å². The van der Waals surface area contributed by atoms with E-state index in [9.17, 15) is 9.59 Å². The molecule has 1 amide bonds. The number of carboxylic acid groups (broad SMARTS) is 1. The van der Waals surface area contributed by atoms with Crippen molar-refractivity contribution in [2.24, 2.45) is 0 Å². The van der Waals surface area contributed by atoms with Crippen LogP contribution in [-0.2, 0) is 23.7 Å². The Balaban J connectivity index is 3.87. The summed E-state index contributed by atoms with van der Waals surface area (Å²) in [5.41, 5.74) is -0.529. The normalized spacial score (nSPS) is 11.7. The van der Waals surface area contributed by atoms with E-state index in [0.29, 0.717) is 59.2 Å². The molecule has 10 heteroatoms. The molecular formula is C19H38N2O8. The van der Waals surface area contributed by atoms with Crippen molar-refractivity contribution in [1.82, 2.24) is 9.80 Å². The lowest BCUT2D eigenvalue weighted by atomic mass is 10.2. The Morgan fingerprint density at radius 3 is 1.83 bits per heavy atom. The molecule has 0 heterocycles. The third-order valence-corrected chi connectivity index (χ3v) is 3.61. The van der Waals surface area contributed by atoms with Crippen molar-refractivity contribution in [2.75, 3.05) is 79.0 Å². The standard InChI is InChI=1S/C19H38N2O8/c1-5-21(18(25)29-19(2,3)4)8-12-28-15-14-27-11-7-20(16-17(23)24)6-10-26-13-9-22/h22H,5-16H2,1-4H3,(H,23,24). The van der Waals surface area contributed by atoms with Gasteiger partial charge in [-0.15, -0.1) is 0 Å². The Bertz CT molecular complexity index is 442. The number of aliphatic carboxylic acids is 1. The van der Waals surface area contributed by atoms with Gasteiger partial charge in [0, 0.05) is 26.2 Å². The summed E-state index contributed by atoms with van der Waals surface area (Å²) in [6, 6.07) is 0. The lowest BCUT2D eigenvalue weighted by Crippen LogP contribution is -2.38. The van der Waals surface area contributed by atoms with E-state index in [-0.39, 0.29) is 25.9 Å². The number of aliphatic hydroxyl groups is 1. The van der Waals surface area contributed by atoms with E-state index in [4.69, 9.17) is 29.2 Å². The zero-order chi connectivity index (χ0) is 22.1. The van der Waals surface area contributed by atoms with Gasteiger partial charge in [0.05, 0.1) is 52.8 Å². The molecule has 0 aliphatic rings. The summed E-state index contributed by atoms with van der Waals surface area (Å²) >= 11 is 0. The topological polar surface area (TPSA) is 118 Å². The van der Waals surface area contributed by atoms with Gasteiger partial charge in [0.25, 0.3) is 0 Å². The molecule has 0 aliphatic heterocycles. The number of carbonyl (C=O) groups excluding carboxylic acids is 1. The number of aliphatic hydroxyl groups excluding tert-OH is 1. The van der Waals surface area contributed by atoms with Gasteiger partial charge in [-0.3, -0.25) is 9.69 Å². The highest BCUT2D eigenvalue weighted by atomic mass is 16.6. The molecule has 0 atom stereocenters. The summed E-state index contributed by atoms with van der Waals surface area (Å²) in [6.45, 7) is 11.2. The van der Waals surface area contributed by atoms with Crippen LogP contribution in [-0.4, -0.2) is 117 Å².